The first-order chi connectivity index (χ1) is 9.42. The number of benzene rings is 1. The van der Waals surface area contributed by atoms with Gasteiger partial charge in [-0.1, -0.05) is 6.07 Å². The molecular formula is C16H18N2O. The molecule has 2 heterocycles. The molecule has 1 aromatic carbocycles. The lowest BCUT2D eigenvalue weighted by Crippen LogP contribution is -2.29. The number of hydrogen-bond donors (Lipinski definition) is 0. The molecule has 0 amide bonds. The van der Waals surface area contributed by atoms with E-state index in [1.54, 1.807) is 12.4 Å². The molecule has 0 aliphatic carbocycles. The van der Waals surface area contributed by atoms with Crippen molar-refractivity contribution in [3.8, 4) is 11.5 Å². The van der Waals surface area contributed by atoms with Crippen LogP contribution in [-0.4, -0.2) is 18.1 Å². The van der Waals surface area contributed by atoms with E-state index in [0.29, 0.717) is 0 Å². The van der Waals surface area contributed by atoms with Gasteiger partial charge in [0.25, 0.3) is 0 Å². The fourth-order valence-corrected chi connectivity index (χ4v) is 2.44. The minimum atomic E-state index is 0.776. The Balaban J connectivity index is 1.76. The maximum atomic E-state index is 5.82. The number of anilines is 1. The van der Waals surface area contributed by atoms with Gasteiger partial charge in [0.2, 0.25) is 0 Å². The maximum absolute atomic E-state index is 5.82. The maximum Gasteiger partial charge on any atom is 0.145 e. The molecule has 1 aliphatic rings. The molecule has 1 aliphatic heterocycles. The third kappa shape index (κ3) is 3.05. The van der Waals surface area contributed by atoms with Crippen LogP contribution in [0.2, 0.25) is 0 Å². The van der Waals surface area contributed by atoms with E-state index in [-0.39, 0.29) is 0 Å². The van der Waals surface area contributed by atoms with Crippen LogP contribution in [0.3, 0.4) is 0 Å². The highest BCUT2D eigenvalue weighted by Crippen LogP contribution is 2.27. The van der Waals surface area contributed by atoms with Crippen LogP contribution in [0.1, 0.15) is 19.3 Å². The zero-order chi connectivity index (χ0) is 12.9. The molecule has 0 atom stereocenters. The molecule has 0 unspecified atom stereocenters. The lowest BCUT2D eigenvalue weighted by atomic mass is 10.1. The second-order valence-corrected chi connectivity index (χ2v) is 4.84. The molecule has 0 N–H and O–H groups in total. The van der Waals surface area contributed by atoms with Crippen molar-refractivity contribution in [2.75, 3.05) is 18.0 Å². The van der Waals surface area contributed by atoms with Crippen molar-refractivity contribution in [1.82, 2.24) is 4.98 Å². The number of ether oxygens (including phenoxy) is 1. The van der Waals surface area contributed by atoms with Crippen molar-refractivity contribution in [2.24, 2.45) is 0 Å². The van der Waals surface area contributed by atoms with Gasteiger partial charge in [0.15, 0.2) is 0 Å². The van der Waals surface area contributed by atoms with Crippen molar-refractivity contribution in [3.05, 3.63) is 48.8 Å². The summed E-state index contributed by atoms with van der Waals surface area (Å²) in [7, 11) is 0. The molecule has 98 valence electrons. The molecule has 0 radical (unpaired) electrons. The minimum Gasteiger partial charge on any atom is -0.456 e. The van der Waals surface area contributed by atoms with Gasteiger partial charge in [-0.3, -0.25) is 4.98 Å². The topological polar surface area (TPSA) is 25.4 Å². The highest BCUT2D eigenvalue weighted by atomic mass is 16.5. The van der Waals surface area contributed by atoms with Crippen molar-refractivity contribution >= 4 is 5.69 Å². The molecule has 0 spiro atoms. The zero-order valence-electron chi connectivity index (χ0n) is 11.0. The summed E-state index contributed by atoms with van der Waals surface area (Å²) in [6, 6.07) is 12.1. The average Bonchev–Trinajstić information content (AvgIpc) is 2.49. The number of aromatic nitrogens is 1. The number of piperidine rings is 1. The molecule has 19 heavy (non-hydrogen) atoms. The van der Waals surface area contributed by atoms with E-state index < -0.39 is 0 Å². The molecule has 3 nitrogen and oxygen atoms in total. The number of hydrogen-bond acceptors (Lipinski definition) is 3. The Morgan fingerprint density at radius 3 is 2.58 bits per heavy atom. The Bertz CT molecular complexity index is 521. The fraction of sp³-hybridized carbons (Fsp3) is 0.312. The van der Waals surface area contributed by atoms with Crippen LogP contribution >= 0.6 is 0 Å². The largest absolute Gasteiger partial charge is 0.456 e. The van der Waals surface area contributed by atoms with E-state index in [9.17, 15) is 0 Å². The van der Waals surface area contributed by atoms with Crippen LogP contribution in [0.15, 0.2) is 48.8 Å². The predicted octanol–water partition coefficient (Wildman–Crippen LogP) is 3.86. The van der Waals surface area contributed by atoms with Crippen LogP contribution in [0, 0.1) is 0 Å². The molecule has 0 saturated carbocycles. The average molecular weight is 254 g/mol. The van der Waals surface area contributed by atoms with Crippen molar-refractivity contribution in [1.29, 1.82) is 0 Å². The van der Waals surface area contributed by atoms with Gasteiger partial charge in [-0.05, 0) is 43.5 Å². The summed E-state index contributed by atoms with van der Waals surface area (Å²) in [4.78, 5) is 6.49. The summed E-state index contributed by atoms with van der Waals surface area (Å²) in [5, 5.41) is 0. The van der Waals surface area contributed by atoms with Gasteiger partial charge in [0.1, 0.15) is 11.5 Å². The molecule has 3 rings (SSSR count). The Morgan fingerprint density at radius 2 is 1.79 bits per heavy atom. The lowest BCUT2D eigenvalue weighted by Gasteiger charge is -2.29. The molecule has 2 aromatic rings. The highest BCUT2D eigenvalue weighted by Gasteiger charge is 2.11. The first-order valence-electron chi connectivity index (χ1n) is 6.85. The summed E-state index contributed by atoms with van der Waals surface area (Å²) in [6.45, 7) is 2.30. The van der Waals surface area contributed by atoms with Crippen molar-refractivity contribution < 1.29 is 4.74 Å². The van der Waals surface area contributed by atoms with Gasteiger partial charge in [0.05, 0.1) is 6.20 Å². The van der Waals surface area contributed by atoms with E-state index in [2.05, 4.69) is 28.1 Å². The van der Waals surface area contributed by atoms with Crippen LogP contribution in [0.25, 0.3) is 0 Å². The van der Waals surface area contributed by atoms with E-state index in [4.69, 9.17) is 4.74 Å². The van der Waals surface area contributed by atoms with Gasteiger partial charge in [-0.25, -0.2) is 0 Å². The Morgan fingerprint density at radius 1 is 0.947 bits per heavy atom. The summed E-state index contributed by atoms with van der Waals surface area (Å²) in [5.41, 5.74) is 1.25. The second kappa shape index (κ2) is 5.74. The Labute approximate surface area is 113 Å². The van der Waals surface area contributed by atoms with Crippen LogP contribution < -0.4 is 9.64 Å². The third-order valence-corrected chi connectivity index (χ3v) is 3.41. The van der Waals surface area contributed by atoms with E-state index in [1.165, 1.54) is 24.9 Å². The standard InChI is InChI=1S/C16H18N2O/c1-2-10-18(11-3-1)14-6-4-7-15(12-14)19-16-8-5-9-17-13-16/h4-9,12-13H,1-3,10-11H2. The highest BCUT2D eigenvalue weighted by molar-refractivity contribution is 5.51. The summed E-state index contributed by atoms with van der Waals surface area (Å²) in [6.07, 6.45) is 7.40. The number of pyridine rings is 1. The zero-order valence-corrected chi connectivity index (χ0v) is 11.0. The monoisotopic (exact) mass is 254 g/mol. The van der Waals surface area contributed by atoms with E-state index in [1.807, 2.05) is 18.2 Å². The Hall–Kier alpha value is -2.03. The molecule has 1 saturated heterocycles. The van der Waals surface area contributed by atoms with Crippen molar-refractivity contribution in [3.63, 3.8) is 0 Å². The SMILES string of the molecule is c1cncc(Oc2cccc(N3CCCCC3)c2)c1. The van der Waals surface area contributed by atoms with Gasteiger partial charge >= 0.3 is 0 Å². The fourth-order valence-electron chi connectivity index (χ4n) is 2.44. The van der Waals surface area contributed by atoms with Crippen LogP contribution in [-0.2, 0) is 0 Å². The van der Waals surface area contributed by atoms with Crippen LogP contribution in [0.4, 0.5) is 5.69 Å². The molecule has 0 bridgehead atoms. The molecular weight excluding hydrogens is 236 g/mol. The normalized spacial score (nSPS) is 15.3. The first-order valence-corrected chi connectivity index (χ1v) is 6.85. The van der Waals surface area contributed by atoms with Gasteiger partial charge in [-0.15, -0.1) is 0 Å². The smallest absolute Gasteiger partial charge is 0.145 e. The van der Waals surface area contributed by atoms with E-state index >= 15 is 0 Å². The molecule has 1 aromatic heterocycles. The number of nitrogens with zero attached hydrogens (tertiary/aromatic N) is 2. The van der Waals surface area contributed by atoms with Gasteiger partial charge in [-0.2, -0.15) is 0 Å². The Kier molecular flexibility index (Phi) is 3.63. The van der Waals surface area contributed by atoms with E-state index in [0.717, 1.165) is 24.6 Å². The quantitative estimate of drug-likeness (QED) is 0.831. The third-order valence-electron chi connectivity index (χ3n) is 3.41. The molecule has 3 heteroatoms. The lowest BCUT2D eigenvalue weighted by molar-refractivity contribution is 0.479. The van der Waals surface area contributed by atoms with Gasteiger partial charge in [0, 0.05) is 31.0 Å². The minimum absolute atomic E-state index is 0.776. The summed E-state index contributed by atoms with van der Waals surface area (Å²) < 4.78 is 5.82. The van der Waals surface area contributed by atoms with Crippen LogP contribution in [0.5, 0.6) is 11.5 Å². The van der Waals surface area contributed by atoms with Gasteiger partial charge < -0.3 is 9.64 Å². The summed E-state index contributed by atoms with van der Waals surface area (Å²) >= 11 is 0. The predicted molar refractivity (Wildman–Crippen MR) is 76.8 cm³/mol. The second-order valence-electron chi connectivity index (χ2n) is 4.84. The number of rotatable bonds is 3. The van der Waals surface area contributed by atoms with Crippen molar-refractivity contribution in [2.45, 2.75) is 19.3 Å². The molecule has 1 fully saturated rings. The summed E-state index contributed by atoms with van der Waals surface area (Å²) in [5.74, 6) is 1.65. The first kappa shape index (κ1) is 12.0.